The van der Waals surface area contributed by atoms with Crippen LogP contribution in [0, 0.1) is 26.7 Å². The third kappa shape index (κ3) is 2.56. The third-order valence-corrected chi connectivity index (χ3v) is 6.46. The standard InChI is InChI=1S/C19H21N3O2S/c1-9-5-4-6-13(10(9)2)17-16(21-11(3)25-17)19(24)22-14-7-12(14)8-15(22)18(20)23/h4-6,12,14-15H,7-8H2,1-3H3,(H2,20,23)/t12-,14+,15+/m1/s1. The number of thiazole rings is 1. The van der Waals surface area contributed by atoms with Crippen molar-refractivity contribution < 1.29 is 9.59 Å². The number of nitrogens with two attached hydrogens (primary N) is 1. The van der Waals surface area contributed by atoms with Crippen LogP contribution in [0.1, 0.15) is 39.5 Å². The van der Waals surface area contributed by atoms with Crippen LogP contribution in [-0.4, -0.2) is 33.8 Å². The van der Waals surface area contributed by atoms with Gasteiger partial charge in [-0.1, -0.05) is 18.2 Å². The zero-order valence-electron chi connectivity index (χ0n) is 14.6. The molecular formula is C19H21N3O2S. The molecule has 3 atom stereocenters. The summed E-state index contributed by atoms with van der Waals surface area (Å²) in [5.74, 6) is -0.153. The van der Waals surface area contributed by atoms with Gasteiger partial charge in [-0.05, 0) is 56.2 Å². The molecule has 1 aromatic heterocycles. The normalized spacial score (nSPS) is 24.3. The second-order valence-corrected chi connectivity index (χ2v) is 8.29. The molecule has 1 saturated carbocycles. The van der Waals surface area contributed by atoms with Crippen molar-refractivity contribution in [2.24, 2.45) is 11.7 Å². The number of carbonyl (C=O) groups excluding carboxylic acids is 2. The lowest BCUT2D eigenvalue weighted by Crippen LogP contribution is -2.46. The lowest BCUT2D eigenvalue weighted by molar-refractivity contribution is -0.122. The summed E-state index contributed by atoms with van der Waals surface area (Å²) in [4.78, 5) is 32.1. The predicted molar refractivity (Wildman–Crippen MR) is 97.4 cm³/mol. The maximum absolute atomic E-state index is 13.3. The molecule has 2 amide bonds. The van der Waals surface area contributed by atoms with E-state index in [9.17, 15) is 9.59 Å². The maximum Gasteiger partial charge on any atom is 0.274 e. The van der Waals surface area contributed by atoms with Gasteiger partial charge in [-0.3, -0.25) is 9.59 Å². The number of carbonyl (C=O) groups is 2. The van der Waals surface area contributed by atoms with Gasteiger partial charge in [-0.25, -0.2) is 4.98 Å². The number of nitrogens with zero attached hydrogens (tertiary/aromatic N) is 2. The van der Waals surface area contributed by atoms with Crippen LogP contribution in [0.2, 0.25) is 0 Å². The number of fused-ring (bicyclic) bond motifs is 1. The average Bonchev–Trinajstić information content (AvgIpc) is 3.05. The number of rotatable bonds is 3. The van der Waals surface area contributed by atoms with Gasteiger partial charge in [0.2, 0.25) is 5.91 Å². The van der Waals surface area contributed by atoms with Crippen LogP contribution >= 0.6 is 11.3 Å². The Kier molecular flexibility index (Phi) is 3.68. The fourth-order valence-corrected chi connectivity index (χ4v) is 4.87. The van der Waals surface area contributed by atoms with Crippen molar-refractivity contribution in [2.75, 3.05) is 0 Å². The predicted octanol–water partition coefficient (Wildman–Crippen LogP) is 2.82. The lowest BCUT2D eigenvalue weighted by Gasteiger charge is -2.25. The van der Waals surface area contributed by atoms with E-state index in [1.165, 1.54) is 16.9 Å². The molecule has 2 N–H and O–H groups in total. The van der Waals surface area contributed by atoms with Gasteiger partial charge in [0, 0.05) is 6.04 Å². The Labute approximate surface area is 150 Å². The summed E-state index contributed by atoms with van der Waals surface area (Å²) in [6.45, 7) is 6.03. The van der Waals surface area contributed by atoms with E-state index >= 15 is 0 Å². The fraction of sp³-hybridized carbons (Fsp3) is 0.421. The Morgan fingerprint density at radius 3 is 2.72 bits per heavy atom. The van der Waals surface area contributed by atoms with Crippen LogP contribution in [0.15, 0.2) is 18.2 Å². The summed E-state index contributed by atoms with van der Waals surface area (Å²) < 4.78 is 0. The lowest BCUT2D eigenvalue weighted by atomic mass is 10.0. The van der Waals surface area contributed by atoms with E-state index in [0.717, 1.165) is 27.4 Å². The molecule has 2 aliphatic rings. The molecule has 5 nitrogen and oxygen atoms in total. The summed E-state index contributed by atoms with van der Waals surface area (Å²) in [5.41, 5.74) is 9.36. The van der Waals surface area contributed by atoms with Gasteiger partial charge >= 0.3 is 0 Å². The molecule has 0 unspecified atom stereocenters. The maximum atomic E-state index is 13.3. The van der Waals surface area contributed by atoms with Crippen molar-refractivity contribution in [3.05, 3.63) is 40.0 Å². The molecule has 25 heavy (non-hydrogen) atoms. The van der Waals surface area contributed by atoms with Crippen LogP contribution in [0.3, 0.4) is 0 Å². The quantitative estimate of drug-likeness (QED) is 0.920. The summed E-state index contributed by atoms with van der Waals surface area (Å²) in [7, 11) is 0. The first kappa shape index (κ1) is 16.3. The molecule has 2 fully saturated rings. The zero-order valence-corrected chi connectivity index (χ0v) is 15.4. The summed E-state index contributed by atoms with van der Waals surface area (Å²) in [6.07, 6.45) is 1.66. The number of piperidine rings is 1. The third-order valence-electron chi connectivity index (χ3n) is 5.45. The highest BCUT2D eigenvalue weighted by Gasteiger charge is 2.56. The van der Waals surface area contributed by atoms with Crippen LogP contribution < -0.4 is 5.73 Å². The number of aromatic nitrogens is 1. The highest BCUT2D eigenvalue weighted by molar-refractivity contribution is 7.15. The SMILES string of the molecule is Cc1nc(C(=O)N2[C@H](C(N)=O)C[C@H]3C[C@@H]32)c(-c2cccc(C)c2C)s1. The molecular weight excluding hydrogens is 334 g/mol. The number of primary amides is 1. The topological polar surface area (TPSA) is 76.3 Å². The Morgan fingerprint density at radius 1 is 1.24 bits per heavy atom. The van der Waals surface area contributed by atoms with Gasteiger partial charge in [-0.2, -0.15) is 0 Å². The van der Waals surface area contributed by atoms with Gasteiger partial charge < -0.3 is 10.6 Å². The number of hydrogen-bond donors (Lipinski definition) is 1. The molecule has 0 bridgehead atoms. The molecule has 1 aromatic carbocycles. The molecule has 130 valence electrons. The first-order valence-electron chi connectivity index (χ1n) is 8.54. The average molecular weight is 355 g/mol. The van der Waals surface area contributed by atoms with Crippen molar-refractivity contribution in [3.63, 3.8) is 0 Å². The van der Waals surface area contributed by atoms with E-state index in [0.29, 0.717) is 18.0 Å². The van der Waals surface area contributed by atoms with Crippen molar-refractivity contribution >= 4 is 23.2 Å². The van der Waals surface area contributed by atoms with E-state index in [-0.39, 0.29) is 11.9 Å². The van der Waals surface area contributed by atoms with Crippen molar-refractivity contribution in [1.29, 1.82) is 0 Å². The van der Waals surface area contributed by atoms with Crippen LogP contribution in [0.4, 0.5) is 0 Å². The molecule has 0 radical (unpaired) electrons. The fourth-order valence-electron chi connectivity index (χ4n) is 3.88. The number of hydrogen-bond acceptors (Lipinski definition) is 4. The van der Waals surface area contributed by atoms with E-state index < -0.39 is 11.9 Å². The Bertz CT molecular complexity index is 889. The molecule has 1 aliphatic carbocycles. The second-order valence-electron chi connectivity index (χ2n) is 7.09. The van der Waals surface area contributed by atoms with Crippen molar-refractivity contribution in [2.45, 2.75) is 45.7 Å². The van der Waals surface area contributed by atoms with E-state index in [1.807, 2.05) is 19.1 Å². The molecule has 2 heterocycles. The smallest absolute Gasteiger partial charge is 0.274 e. The largest absolute Gasteiger partial charge is 0.368 e. The van der Waals surface area contributed by atoms with Gasteiger partial charge in [0.15, 0.2) is 0 Å². The Hall–Kier alpha value is -2.21. The minimum atomic E-state index is -0.496. The number of aryl methyl sites for hydroxylation is 2. The number of likely N-dealkylation sites (tertiary alicyclic amines) is 1. The van der Waals surface area contributed by atoms with Crippen molar-refractivity contribution in [3.8, 4) is 10.4 Å². The van der Waals surface area contributed by atoms with Gasteiger partial charge in [0.25, 0.3) is 5.91 Å². The highest BCUT2D eigenvalue weighted by Crippen LogP contribution is 2.49. The molecule has 1 saturated heterocycles. The number of benzene rings is 1. The minimum Gasteiger partial charge on any atom is -0.368 e. The molecule has 0 spiro atoms. The molecule has 1 aliphatic heterocycles. The van der Waals surface area contributed by atoms with Gasteiger partial charge in [0.1, 0.15) is 11.7 Å². The summed E-state index contributed by atoms with van der Waals surface area (Å²) >= 11 is 1.53. The minimum absolute atomic E-state index is 0.151. The Balaban J connectivity index is 1.78. The van der Waals surface area contributed by atoms with Gasteiger partial charge in [0.05, 0.1) is 9.88 Å². The number of amides is 2. The Morgan fingerprint density at radius 2 is 2.00 bits per heavy atom. The summed E-state index contributed by atoms with van der Waals surface area (Å²) in [5, 5.41) is 0.849. The molecule has 4 rings (SSSR count). The summed E-state index contributed by atoms with van der Waals surface area (Å²) in [6, 6.07) is 5.75. The van der Waals surface area contributed by atoms with Crippen LogP contribution in [-0.2, 0) is 4.79 Å². The zero-order chi connectivity index (χ0) is 17.9. The highest BCUT2D eigenvalue weighted by atomic mass is 32.1. The first-order valence-corrected chi connectivity index (χ1v) is 9.36. The van der Waals surface area contributed by atoms with Crippen LogP contribution in [0.25, 0.3) is 10.4 Å². The first-order chi connectivity index (χ1) is 11.9. The molecule has 2 aromatic rings. The van der Waals surface area contributed by atoms with E-state index in [1.54, 1.807) is 4.90 Å². The van der Waals surface area contributed by atoms with Crippen LogP contribution in [0.5, 0.6) is 0 Å². The van der Waals surface area contributed by atoms with Gasteiger partial charge in [-0.15, -0.1) is 11.3 Å². The monoisotopic (exact) mass is 355 g/mol. The van der Waals surface area contributed by atoms with Crippen molar-refractivity contribution in [1.82, 2.24) is 9.88 Å². The second kappa shape index (κ2) is 5.66. The van der Waals surface area contributed by atoms with E-state index in [2.05, 4.69) is 24.9 Å². The molecule has 6 heteroatoms. The van der Waals surface area contributed by atoms with E-state index in [4.69, 9.17) is 5.73 Å².